The first-order valence-corrected chi connectivity index (χ1v) is 6.36. The maximum atomic E-state index is 13.2. The third-order valence-corrected chi connectivity index (χ3v) is 3.32. The number of hydrogen-bond acceptors (Lipinski definition) is 2. The first-order valence-electron chi connectivity index (χ1n) is 5.57. The van der Waals surface area contributed by atoms with Crippen molar-refractivity contribution in [3.8, 4) is 0 Å². The second-order valence-corrected chi connectivity index (χ2v) is 5.03. The minimum absolute atomic E-state index is 0.00560. The van der Waals surface area contributed by atoms with Crippen LogP contribution in [-0.4, -0.2) is 23.8 Å². The quantitative estimate of drug-likeness (QED) is 0.799. The monoisotopic (exact) mass is 318 g/mol. The number of aliphatic hydroxyl groups is 1. The van der Waals surface area contributed by atoms with Gasteiger partial charge >= 0.3 is 6.03 Å². The van der Waals surface area contributed by atoms with Gasteiger partial charge in [-0.2, -0.15) is 0 Å². The maximum Gasteiger partial charge on any atom is 0.319 e. The molecule has 0 aromatic heterocycles. The van der Waals surface area contributed by atoms with E-state index in [1.54, 1.807) is 13.0 Å². The Balaban J connectivity index is 2.57. The molecule has 0 saturated carbocycles. The summed E-state index contributed by atoms with van der Waals surface area (Å²) in [4.78, 5) is 11.6. The van der Waals surface area contributed by atoms with Crippen LogP contribution in [0.1, 0.15) is 13.8 Å². The van der Waals surface area contributed by atoms with E-state index in [2.05, 4.69) is 26.6 Å². The number of benzene rings is 1. The lowest BCUT2D eigenvalue weighted by molar-refractivity contribution is 0.204. The fraction of sp³-hybridized carbons (Fsp3) is 0.417. The molecule has 0 heterocycles. The van der Waals surface area contributed by atoms with E-state index >= 15 is 0 Å². The van der Waals surface area contributed by atoms with Crippen molar-refractivity contribution < 1.29 is 14.3 Å². The summed E-state index contributed by atoms with van der Waals surface area (Å²) in [5.41, 5.74) is 0.372. The lowest BCUT2D eigenvalue weighted by atomic mass is 10.1. The van der Waals surface area contributed by atoms with Crippen LogP contribution in [0.4, 0.5) is 14.9 Å². The second kappa shape index (κ2) is 6.70. The molecule has 1 aromatic carbocycles. The van der Waals surface area contributed by atoms with E-state index in [0.717, 1.165) is 0 Å². The SMILES string of the molecule is C[C@@H](CO)[C@@H](C)NC(=O)Nc1ccc(Br)c(F)c1. The Kier molecular flexibility index (Phi) is 5.55. The number of amides is 2. The fourth-order valence-corrected chi connectivity index (χ4v) is 1.49. The van der Waals surface area contributed by atoms with Crippen LogP contribution in [0.2, 0.25) is 0 Å². The van der Waals surface area contributed by atoms with E-state index in [4.69, 9.17) is 5.11 Å². The van der Waals surface area contributed by atoms with Crippen molar-refractivity contribution in [3.05, 3.63) is 28.5 Å². The molecule has 3 N–H and O–H groups in total. The molecule has 4 nitrogen and oxygen atoms in total. The molecule has 0 saturated heterocycles. The second-order valence-electron chi connectivity index (χ2n) is 4.18. The largest absolute Gasteiger partial charge is 0.396 e. The highest BCUT2D eigenvalue weighted by Crippen LogP contribution is 2.19. The van der Waals surface area contributed by atoms with Crippen LogP contribution in [0, 0.1) is 11.7 Å². The number of aliphatic hydroxyl groups excluding tert-OH is 1. The van der Waals surface area contributed by atoms with Crippen LogP contribution < -0.4 is 10.6 Å². The maximum absolute atomic E-state index is 13.2. The number of carbonyl (C=O) groups is 1. The lowest BCUT2D eigenvalue weighted by Crippen LogP contribution is -2.40. The van der Waals surface area contributed by atoms with Crippen LogP contribution >= 0.6 is 15.9 Å². The molecule has 6 heteroatoms. The first kappa shape index (κ1) is 14.9. The smallest absolute Gasteiger partial charge is 0.319 e. The van der Waals surface area contributed by atoms with Gasteiger partial charge in [0.05, 0.1) is 4.47 Å². The minimum atomic E-state index is -0.440. The molecule has 0 aliphatic heterocycles. The van der Waals surface area contributed by atoms with Crippen LogP contribution in [0.5, 0.6) is 0 Å². The molecule has 18 heavy (non-hydrogen) atoms. The standard InChI is InChI=1S/C12H16BrFN2O2/c1-7(6-17)8(2)15-12(18)16-9-3-4-10(13)11(14)5-9/h3-5,7-8,17H,6H2,1-2H3,(H2,15,16,18)/t7-,8+/m0/s1. The van der Waals surface area contributed by atoms with E-state index in [1.807, 2.05) is 6.92 Å². The minimum Gasteiger partial charge on any atom is -0.396 e. The van der Waals surface area contributed by atoms with Gasteiger partial charge in [-0.1, -0.05) is 6.92 Å². The van der Waals surface area contributed by atoms with Gasteiger partial charge in [0.1, 0.15) is 5.82 Å². The van der Waals surface area contributed by atoms with Crippen molar-refractivity contribution >= 4 is 27.6 Å². The molecule has 0 aliphatic carbocycles. The van der Waals surface area contributed by atoms with Gasteiger partial charge < -0.3 is 15.7 Å². The Hall–Kier alpha value is -1.14. The topological polar surface area (TPSA) is 61.4 Å². The predicted molar refractivity (Wildman–Crippen MR) is 72.0 cm³/mol. The van der Waals surface area contributed by atoms with Gasteiger partial charge in [0.15, 0.2) is 0 Å². The summed E-state index contributed by atoms with van der Waals surface area (Å²) in [5, 5.41) is 14.1. The van der Waals surface area contributed by atoms with Gasteiger partial charge in [-0.3, -0.25) is 0 Å². The molecule has 0 radical (unpaired) electrons. The molecule has 0 bridgehead atoms. The average Bonchev–Trinajstić information content (AvgIpc) is 2.32. The Labute approximate surface area is 114 Å². The van der Waals surface area contributed by atoms with Crippen LogP contribution in [0.3, 0.4) is 0 Å². The summed E-state index contributed by atoms with van der Waals surface area (Å²) < 4.78 is 13.6. The summed E-state index contributed by atoms with van der Waals surface area (Å²) in [6.45, 7) is 3.61. The Morgan fingerprint density at radius 1 is 1.50 bits per heavy atom. The van der Waals surface area contributed by atoms with Gasteiger partial charge in [0.2, 0.25) is 0 Å². The first-order chi connectivity index (χ1) is 8.43. The molecule has 1 rings (SSSR count). The Morgan fingerprint density at radius 3 is 2.72 bits per heavy atom. The molecule has 0 fully saturated rings. The third kappa shape index (κ3) is 4.27. The normalized spacial score (nSPS) is 13.8. The average molecular weight is 319 g/mol. The van der Waals surface area contributed by atoms with E-state index in [1.165, 1.54) is 12.1 Å². The number of rotatable bonds is 4. The van der Waals surface area contributed by atoms with Crippen molar-refractivity contribution in [1.29, 1.82) is 0 Å². The van der Waals surface area contributed by atoms with Crippen molar-refractivity contribution in [3.63, 3.8) is 0 Å². The predicted octanol–water partition coefficient (Wildman–Crippen LogP) is 2.73. The molecular formula is C12H16BrFN2O2. The van der Waals surface area contributed by atoms with Gasteiger partial charge in [0, 0.05) is 18.3 Å². The van der Waals surface area contributed by atoms with Gasteiger partial charge in [0.25, 0.3) is 0 Å². The highest BCUT2D eigenvalue weighted by atomic mass is 79.9. The van der Waals surface area contributed by atoms with Crippen molar-refractivity contribution in [2.24, 2.45) is 5.92 Å². The number of urea groups is 1. The summed E-state index contributed by atoms with van der Waals surface area (Å²) in [6, 6.07) is 3.74. The zero-order valence-electron chi connectivity index (χ0n) is 10.2. The fourth-order valence-electron chi connectivity index (χ4n) is 1.25. The van der Waals surface area contributed by atoms with Gasteiger partial charge in [-0.05, 0) is 47.0 Å². The van der Waals surface area contributed by atoms with Crippen molar-refractivity contribution in [2.45, 2.75) is 19.9 Å². The van der Waals surface area contributed by atoms with E-state index in [9.17, 15) is 9.18 Å². The Morgan fingerprint density at radius 2 is 2.17 bits per heavy atom. The molecule has 0 spiro atoms. The van der Waals surface area contributed by atoms with Crippen LogP contribution in [-0.2, 0) is 0 Å². The molecule has 2 amide bonds. The molecule has 100 valence electrons. The lowest BCUT2D eigenvalue weighted by Gasteiger charge is -2.19. The van der Waals surface area contributed by atoms with E-state index < -0.39 is 11.8 Å². The molecule has 2 atom stereocenters. The highest BCUT2D eigenvalue weighted by molar-refractivity contribution is 9.10. The number of halogens is 2. The number of hydrogen-bond donors (Lipinski definition) is 3. The zero-order valence-corrected chi connectivity index (χ0v) is 11.8. The zero-order chi connectivity index (χ0) is 13.7. The van der Waals surface area contributed by atoms with Crippen LogP contribution in [0.15, 0.2) is 22.7 Å². The van der Waals surface area contributed by atoms with Crippen LogP contribution in [0.25, 0.3) is 0 Å². The number of carbonyl (C=O) groups excluding carboxylic acids is 1. The van der Waals surface area contributed by atoms with Crippen molar-refractivity contribution in [1.82, 2.24) is 5.32 Å². The summed E-state index contributed by atoms with van der Waals surface area (Å²) in [6.07, 6.45) is 0. The summed E-state index contributed by atoms with van der Waals surface area (Å²) in [7, 11) is 0. The van der Waals surface area contributed by atoms with E-state index in [0.29, 0.717) is 10.2 Å². The number of nitrogens with one attached hydrogen (secondary N) is 2. The van der Waals surface area contributed by atoms with Gasteiger partial charge in [-0.25, -0.2) is 9.18 Å². The van der Waals surface area contributed by atoms with E-state index in [-0.39, 0.29) is 18.6 Å². The Bertz CT molecular complexity index is 429. The summed E-state index contributed by atoms with van der Waals surface area (Å²) >= 11 is 3.03. The molecule has 1 aromatic rings. The highest BCUT2D eigenvalue weighted by Gasteiger charge is 2.14. The molecular weight excluding hydrogens is 303 g/mol. The summed E-state index contributed by atoms with van der Waals surface area (Å²) in [5.74, 6) is -0.484. The van der Waals surface area contributed by atoms with Crippen molar-refractivity contribution in [2.75, 3.05) is 11.9 Å². The molecule has 0 aliphatic rings. The number of anilines is 1. The third-order valence-electron chi connectivity index (χ3n) is 2.68. The molecule has 0 unspecified atom stereocenters. The van der Waals surface area contributed by atoms with Gasteiger partial charge in [-0.15, -0.1) is 0 Å².